The molecule has 0 saturated heterocycles. The zero-order chi connectivity index (χ0) is 7.02. The zero-order valence-electron chi connectivity index (χ0n) is 6.52. The molecule has 0 N–H and O–H groups in total. The first-order valence-electron chi connectivity index (χ1n) is 3.22. The average Bonchev–Trinajstić information content (AvgIpc) is 1.98. The maximum absolute atomic E-state index is 2.30. The van der Waals surface area contributed by atoms with Gasteiger partial charge in [-0.25, -0.2) is 0 Å². The summed E-state index contributed by atoms with van der Waals surface area (Å²) in [7, 11) is 1.11. The Balaban J connectivity index is 3.29. The van der Waals surface area contributed by atoms with Crippen LogP contribution in [-0.2, 0) is 0 Å². The minimum atomic E-state index is 1.11. The molecule has 2 heteroatoms. The Morgan fingerprint density at radius 3 is 2.00 bits per heavy atom. The van der Waals surface area contributed by atoms with E-state index in [1.807, 2.05) is 0 Å². The van der Waals surface area contributed by atoms with Gasteiger partial charge in [0.15, 0.2) is 0 Å². The van der Waals surface area contributed by atoms with Crippen molar-refractivity contribution in [1.82, 2.24) is 4.23 Å². The van der Waals surface area contributed by atoms with Crippen LogP contribution in [0.15, 0.2) is 6.20 Å². The Bertz CT molecular complexity index is 203. The lowest BCUT2D eigenvalue weighted by molar-refractivity contribution is 1.13. The van der Waals surface area contributed by atoms with Gasteiger partial charge in [-0.15, -0.1) is 0 Å². The summed E-state index contributed by atoms with van der Waals surface area (Å²) in [6, 6.07) is 0. The van der Waals surface area contributed by atoms with Crippen LogP contribution in [0.2, 0.25) is 0 Å². The third-order valence-corrected chi connectivity index (χ3v) is 2.98. The highest BCUT2D eigenvalue weighted by Crippen LogP contribution is 2.11. The molecule has 1 aromatic heterocycles. The maximum Gasteiger partial charge on any atom is 0.112 e. The first-order chi connectivity index (χ1) is 4.13. The fraction of sp³-hybridized carbons (Fsp3) is 0.429. The minimum Gasteiger partial charge on any atom is -0.387 e. The van der Waals surface area contributed by atoms with E-state index in [4.69, 9.17) is 0 Å². The summed E-state index contributed by atoms with van der Waals surface area (Å²) in [4.78, 5) is 0. The summed E-state index contributed by atoms with van der Waals surface area (Å²) in [5, 5.41) is 0. The van der Waals surface area contributed by atoms with Gasteiger partial charge in [0.05, 0.1) is 0 Å². The summed E-state index contributed by atoms with van der Waals surface area (Å²) in [5.41, 5.74) is 4.30. The quantitative estimate of drug-likeness (QED) is 0.462. The predicted octanol–water partition coefficient (Wildman–Crippen LogP) is 0.542. The largest absolute Gasteiger partial charge is 0.387 e. The number of aromatic nitrogens is 1. The van der Waals surface area contributed by atoms with Gasteiger partial charge in [0.2, 0.25) is 0 Å². The third kappa shape index (κ3) is 0.943. The summed E-state index contributed by atoms with van der Waals surface area (Å²) >= 11 is 0. The van der Waals surface area contributed by atoms with E-state index in [1.165, 1.54) is 16.8 Å². The molecule has 0 radical (unpaired) electrons. The Labute approximate surface area is 59.2 Å². The molecule has 1 aromatic rings. The molecule has 0 amide bonds. The smallest absolute Gasteiger partial charge is 0.112 e. The summed E-state index contributed by atoms with van der Waals surface area (Å²) in [6.45, 7) is 6.52. The van der Waals surface area contributed by atoms with Gasteiger partial charge < -0.3 is 4.23 Å². The van der Waals surface area contributed by atoms with Crippen molar-refractivity contribution in [3.8, 4) is 0 Å². The van der Waals surface area contributed by atoms with Crippen LogP contribution in [0.4, 0.5) is 0 Å². The van der Waals surface area contributed by atoms with Gasteiger partial charge in [0, 0.05) is 5.69 Å². The third-order valence-electron chi connectivity index (χ3n) is 2.05. The Morgan fingerprint density at radius 1 is 1.33 bits per heavy atom. The van der Waals surface area contributed by atoms with E-state index < -0.39 is 0 Å². The second-order valence-electron chi connectivity index (χ2n) is 2.63. The summed E-state index contributed by atoms with van der Waals surface area (Å²) < 4.78 is 2.30. The van der Waals surface area contributed by atoms with Crippen LogP contribution in [-0.4, -0.2) is 14.6 Å². The van der Waals surface area contributed by atoms with Crippen LogP contribution in [0.1, 0.15) is 16.8 Å². The van der Waals surface area contributed by atoms with Crippen molar-refractivity contribution in [1.29, 1.82) is 0 Å². The number of aryl methyl sites for hydroxylation is 1. The molecule has 50 valence electrons. The average molecular weight is 139 g/mol. The molecule has 1 nitrogen and oxygen atoms in total. The number of hydrogen-bond acceptors (Lipinski definition) is 0. The lowest BCUT2D eigenvalue weighted by Crippen LogP contribution is -1.90. The van der Waals surface area contributed by atoms with E-state index in [2.05, 4.69) is 31.2 Å². The number of nitrogens with zero attached hydrogens (tertiary/aromatic N) is 1. The van der Waals surface area contributed by atoms with Crippen LogP contribution in [0.5, 0.6) is 0 Å². The van der Waals surface area contributed by atoms with Crippen molar-refractivity contribution in [3.63, 3.8) is 0 Å². The van der Waals surface area contributed by atoms with E-state index in [9.17, 15) is 0 Å². The Hall–Kier alpha value is -0.503. The van der Waals surface area contributed by atoms with Gasteiger partial charge in [0.25, 0.3) is 0 Å². The fourth-order valence-corrected chi connectivity index (χ4v) is 1.76. The molecule has 0 aliphatic carbocycles. The van der Waals surface area contributed by atoms with Crippen molar-refractivity contribution in [2.24, 2.45) is 0 Å². The molecule has 0 saturated carbocycles. The Morgan fingerprint density at radius 2 is 1.89 bits per heavy atom. The topological polar surface area (TPSA) is 4.93 Å². The Kier molecular flexibility index (Phi) is 1.49. The normalized spacial score (nSPS) is 10.6. The van der Waals surface area contributed by atoms with Crippen molar-refractivity contribution < 1.29 is 0 Å². The summed E-state index contributed by atoms with van der Waals surface area (Å²) in [5.74, 6) is 0. The molecule has 0 unspecified atom stereocenters. The molecule has 0 aliphatic heterocycles. The van der Waals surface area contributed by atoms with Gasteiger partial charge in [-0.2, -0.15) is 0 Å². The SMILES string of the molecule is Cc1cn([SiH3])c(C)c1C. The van der Waals surface area contributed by atoms with Crippen molar-refractivity contribution >= 4 is 10.4 Å². The van der Waals surface area contributed by atoms with Gasteiger partial charge in [-0.3, -0.25) is 0 Å². The molecule has 0 aliphatic rings. The lowest BCUT2D eigenvalue weighted by atomic mass is 10.2. The second-order valence-corrected chi connectivity index (χ2v) is 3.60. The monoisotopic (exact) mass is 139 g/mol. The van der Waals surface area contributed by atoms with Crippen molar-refractivity contribution in [2.45, 2.75) is 20.8 Å². The van der Waals surface area contributed by atoms with Crippen LogP contribution in [0, 0.1) is 20.8 Å². The molecule has 9 heavy (non-hydrogen) atoms. The zero-order valence-corrected chi connectivity index (χ0v) is 8.52. The standard InChI is InChI=1S/C7H13NSi/c1-5-4-8(9)7(3)6(5)2/h4H,1-3,9H3. The molecular weight excluding hydrogens is 126 g/mol. The van der Waals surface area contributed by atoms with E-state index in [0.29, 0.717) is 0 Å². The molecular formula is C7H13NSi. The highest BCUT2D eigenvalue weighted by Gasteiger charge is 1.99. The molecule has 1 rings (SSSR count). The predicted molar refractivity (Wildman–Crippen MR) is 44.0 cm³/mol. The lowest BCUT2D eigenvalue weighted by Gasteiger charge is -1.94. The van der Waals surface area contributed by atoms with Gasteiger partial charge >= 0.3 is 0 Å². The van der Waals surface area contributed by atoms with Gasteiger partial charge in [0.1, 0.15) is 10.4 Å². The maximum atomic E-state index is 2.30. The number of hydrogen-bond donors (Lipinski definition) is 0. The van der Waals surface area contributed by atoms with Crippen LogP contribution in [0.3, 0.4) is 0 Å². The van der Waals surface area contributed by atoms with E-state index in [1.54, 1.807) is 0 Å². The van der Waals surface area contributed by atoms with E-state index >= 15 is 0 Å². The van der Waals surface area contributed by atoms with E-state index in [-0.39, 0.29) is 0 Å². The summed E-state index contributed by atoms with van der Waals surface area (Å²) in [6.07, 6.45) is 2.22. The van der Waals surface area contributed by atoms with Gasteiger partial charge in [-0.1, -0.05) is 0 Å². The molecule has 0 atom stereocenters. The van der Waals surface area contributed by atoms with Crippen LogP contribution >= 0.6 is 0 Å². The van der Waals surface area contributed by atoms with Crippen molar-refractivity contribution in [3.05, 3.63) is 23.0 Å². The molecule has 1 heterocycles. The highest BCUT2D eigenvalue weighted by molar-refractivity contribution is 6.07. The van der Waals surface area contributed by atoms with Crippen LogP contribution in [0.25, 0.3) is 0 Å². The highest BCUT2D eigenvalue weighted by atomic mass is 28.2. The fourth-order valence-electron chi connectivity index (χ4n) is 1.03. The second kappa shape index (κ2) is 2.03. The molecule has 0 aromatic carbocycles. The first kappa shape index (κ1) is 6.61. The van der Waals surface area contributed by atoms with Gasteiger partial charge in [-0.05, 0) is 38.1 Å². The molecule has 0 fully saturated rings. The first-order valence-corrected chi connectivity index (χ1v) is 4.11. The molecule has 0 spiro atoms. The minimum absolute atomic E-state index is 1.11. The molecule has 0 bridgehead atoms. The number of rotatable bonds is 0. The van der Waals surface area contributed by atoms with E-state index in [0.717, 1.165) is 10.4 Å². The van der Waals surface area contributed by atoms with Crippen molar-refractivity contribution in [2.75, 3.05) is 0 Å². The van der Waals surface area contributed by atoms with Crippen LogP contribution < -0.4 is 0 Å².